The molecule has 0 radical (unpaired) electrons. The Morgan fingerprint density at radius 1 is 1.33 bits per heavy atom. The van der Waals surface area contributed by atoms with Gasteiger partial charge in [0, 0.05) is 13.1 Å². The van der Waals surface area contributed by atoms with Crippen LogP contribution in [0.1, 0.15) is 13.8 Å². The van der Waals surface area contributed by atoms with Gasteiger partial charge in [-0.25, -0.2) is 4.63 Å². The van der Waals surface area contributed by atoms with E-state index in [0.29, 0.717) is 23.3 Å². The molecule has 1 aliphatic heterocycles. The van der Waals surface area contributed by atoms with E-state index in [1.165, 1.54) is 0 Å². The van der Waals surface area contributed by atoms with E-state index in [9.17, 15) is 4.79 Å². The highest BCUT2D eigenvalue weighted by Gasteiger charge is 2.23. The van der Waals surface area contributed by atoms with E-state index in [-0.39, 0.29) is 18.1 Å². The number of hydrogen-bond donors (Lipinski definition) is 1. The van der Waals surface area contributed by atoms with Gasteiger partial charge in [0.25, 0.3) is 0 Å². The van der Waals surface area contributed by atoms with E-state index < -0.39 is 0 Å². The maximum atomic E-state index is 12.2. The van der Waals surface area contributed by atoms with Crippen molar-refractivity contribution in [1.29, 1.82) is 0 Å². The van der Waals surface area contributed by atoms with Gasteiger partial charge in [-0.15, -0.1) is 0 Å². The fourth-order valence-corrected chi connectivity index (χ4v) is 2.71. The lowest BCUT2D eigenvalue weighted by molar-refractivity contribution is -0.121. The molecule has 0 aliphatic carbocycles. The second kappa shape index (κ2) is 5.79. The summed E-state index contributed by atoms with van der Waals surface area (Å²) in [4.78, 5) is 14.3. The van der Waals surface area contributed by atoms with Crippen LogP contribution in [0.2, 0.25) is 0 Å². The second-order valence-corrected chi connectivity index (χ2v) is 5.44. The van der Waals surface area contributed by atoms with Crippen molar-refractivity contribution in [3.8, 4) is 0 Å². The molecule has 1 aromatic heterocycles. The molecule has 0 spiro atoms. The van der Waals surface area contributed by atoms with Crippen molar-refractivity contribution in [3.05, 3.63) is 18.2 Å². The first-order chi connectivity index (χ1) is 10.1. The summed E-state index contributed by atoms with van der Waals surface area (Å²) >= 11 is 0. The summed E-state index contributed by atoms with van der Waals surface area (Å²) in [5, 5.41) is 10.4. The predicted octanol–water partition coefficient (Wildman–Crippen LogP) is 1.27. The Morgan fingerprint density at radius 2 is 2.10 bits per heavy atom. The zero-order chi connectivity index (χ0) is 14.8. The number of nitrogens with zero attached hydrogens (tertiary/aromatic N) is 3. The number of amides is 1. The van der Waals surface area contributed by atoms with Gasteiger partial charge in [0.1, 0.15) is 5.52 Å². The number of aromatic nitrogens is 2. The van der Waals surface area contributed by atoms with Crippen LogP contribution >= 0.6 is 0 Å². The molecule has 1 aromatic carbocycles. The normalized spacial score (nSPS) is 23.3. The lowest BCUT2D eigenvalue weighted by atomic mass is 10.2. The monoisotopic (exact) mass is 290 g/mol. The maximum Gasteiger partial charge on any atom is 0.238 e. The van der Waals surface area contributed by atoms with Gasteiger partial charge in [-0.05, 0) is 36.3 Å². The van der Waals surface area contributed by atoms with Crippen LogP contribution in [0.3, 0.4) is 0 Å². The average molecular weight is 290 g/mol. The van der Waals surface area contributed by atoms with E-state index in [1.807, 2.05) is 13.8 Å². The summed E-state index contributed by atoms with van der Waals surface area (Å²) in [6.45, 7) is 5.88. The number of morpholine rings is 1. The smallest absolute Gasteiger partial charge is 0.238 e. The summed E-state index contributed by atoms with van der Waals surface area (Å²) in [5.74, 6) is -0.0770. The molecule has 112 valence electrons. The van der Waals surface area contributed by atoms with Gasteiger partial charge >= 0.3 is 0 Å². The van der Waals surface area contributed by atoms with Gasteiger partial charge in [0.05, 0.1) is 24.4 Å². The number of anilines is 1. The molecular formula is C14H18N4O3. The third-order valence-corrected chi connectivity index (χ3v) is 3.42. The number of ether oxygens (including phenoxy) is 1. The molecule has 7 nitrogen and oxygen atoms in total. The topological polar surface area (TPSA) is 80.5 Å². The van der Waals surface area contributed by atoms with E-state index in [0.717, 1.165) is 13.1 Å². The molecule has 3 rings (SSSR count). The fourth-order valence-electron chi connectivity index (χ4n) is 2.71. The summed E-state index contributed by atoms with van der Waals surface area (Å²) < 4.78 is 10.3. The standard InChI is InChI=1S/C14H18N4O3/c1-9-6-18(7-10(2)20-9)8-13(19)15-11-4-3-5-12-14(11)17-21-16-12/h3-5,9-10H,6-8H2,1-2H3,(H,15,19). The second-order valence-electron chi connectivity index (χ2n) is 5.44. The van der Waals surface area contributed by atoms with Gasteiger partial charge in [-0.2, -0.15) is 0 Å². The van der Waals surface area contributed by atoms with E-state index in [1.54, 1.807) is 18.2 Å². The van der Waals surface area contributed by atoms with Gasteiger partial charge in [0.15, 0.2) is 5.52 Å². The molecule has 1 N–H and O–H groups in total. The van der Waals surface area contributed by atoms with Gasteiger partial charge in [-0.1, -0.05) is 6.07 Å². The first-order valence-corrected chi connectivity index (χ1v) is 7.01. The number of hydrogen-bond acceptors (Lipinski definition) is 6. The van der Waals surface area contributed by atoms with Crippen molar-refractivity contribution in [2.24, 2.45) is 0 Å². The molecule has 1 fully saturated rings. The first-order valence-electron chi connectivity index (χ1n) is 7.01. The third-order valence-electron chi connectivity index (χ3n) is 3.42. The number of benzene rings is 1. The zero-order valence-electron chi connectivity index (χ0n) is 12.1. The summed E-state index contributed by atoms with van der Waals surface area (Å²) in [7, 11) is 0. The molecule has 0 saturated carbocycles. The van der Waals surface area contributed by atoms with Crippen LogP contribution in [0.5, 0.6) is 0 Å². The first kappa shape index (κ1) is 14.0. The molecule has 7 heteroatoms. The molecule has 2 aromatic rings. The van der Waals surface area contributed by atoms with Crippen molar-refractivity contribution in [2.45, 2.75) is 26.1 Å². The van der Waals surface area contributed by atoms with Crippen molar-refractivity contribution in [3.63, 3.8) is 0 Å². The van der Waals surface area contributed by atoms with Crippen LogP contribution in [-0.4, -0.2) is 53.0 Å². The number of carbonyl (C=O) groups excluding carboxylic acids is 1. The van der Waals surface area contributed by atoms with Crippen LogP contribution < -0.4 is 5.32 Å². The van der Waals surface area contributed by atoms with Crippen LogP contribution in [0.15, 0.2) is 22.8 Å². The number of rotatable bonds is 3. The maximum absolute atomic E-state index is 12.2. The molecule has 2 unspecified atom stereocenters. The summed E-state index contributed by atoms with van der Waals surface area (Å²) in [6.07, 6.45) is 0.287. The molecule has 1 saturated heterocycles. The highest BCUT2D eigenvalue weighted by molar-refractivity contribution is 5.99. The Bertz CT molecular complexity index is 632. The Kier molecular flexibility index (Phi) is 3.85. The lowest BCUT2D eigenvalue weighted by Crippen LogP contribution is -2.48. The van der Waals surface area contributed by atoms with Crippen molar-refractivity contribution in [2.75, 3.05) is 25.0 Å². The Morgan fingerprint density at radius 3 is 2.86 bits per heavy atom. The van der Waals surface area contributed by atoms with Gasteiger partial charge in [0.2, 0.25) is 5.91 Å². The van der Waals surface area contributed by atoms with Crippen LogP contribution in [0.4, 0.5) is 5.69 Å². The molecule has 2 heterocycles. The van der Waals surface area contributed by atoms with E-state index in [2.05, 4.69) is 25.2 Å². The zero-order valence-corrected chi connectivity index (χ0v) is 12.1. The molecule has 2 atom stereocenters. The van der Waals surface area contributed by atoms with Crippen LogP contribution in [0.25, 0.3) is 11.0 Å². The van der Waals surface area contributed by atoms with Crippen LogP contribution in [0, 0.1) is 0 Å². The van der Waals surface area contributed by atoms with E-state index in [4.69, 9.17) is 4.74 Å². The fraction of sp³-hybridized carbons (Fsp3) is 0.500. The molecule has 0 bridgehead atoms. The number of nitrogens with one attached hydrogen (secondary N) is 1. The SMILES string of the molecule is CC1CN(CC(=O)Nc2cccc3nonc23)CC(C)O1. The molecular weight excluding hydrogens is 272 g/mol. The highest BCUT2D eigenvalue weighted by Crippen LogP contribution is 2.19. The molecule has 1 amide bonds. The Balaban J connectivity index is 1.65. The van der Waals surface area contributed by atoms with E-state index >= 15 is 0 Å². The molecule has 1 aliphatic rings. The third kappa shape index (κ3) is 3.20. The number of fused-ring (bicyclic) bond motifs is 1. The highest BCUT2D eigenvalue weighted by atomic mass is 16.6. The molecule has 21 heavy (non-hydrogen) atoms. The minimum Gasteiger partial charge on any atom is -0.373 e. The minimum absolute atomic E-state index is 0.0770. The lowest BCUT2D eigenvalue weighted by Gasteiger charge is -2.34. The van der Waals surface area contributed by atoms with Gasteiger partial charge < -0.3 is 10.1 Å². The minimum atomic E-state index is -0.0770. The van der Waals surface area contributed by atoms with Crippen molar-refractivity contribution in [1.82, 2.24) is 15.2 Å². The largest absolute Gasteiger partial charge is 0.373 e. The van der Waals surface area contributed by atoms with Crippen molar-refractivity contribution >= 4 is 22.6 Å². The predicted molar refractivity (Wildman–Crippen MR) is 76.9 cm³/mol. The summed E-state index contributed by atoms with van der Waals surface area (Å²) in [6, 6.07) is 5.38. The average Bonchev–Trinajstić information content (AvgIpc) is 2.86. The Labute approximate surface area is 122 Å². The van der Waals surface area contributed by atoms with Crippen LogP contribution in [-0.2, 0) is 9.53 Å². The Hall–Kier alpha value is -1.99. The quantitative estimate of drug-likeness (QED) is 0.917. The summed E-state index contributed by atoms with van der Waals surface area (Å²) in [5.41, 5.74) is 1.81. The van der Waals surface area contributed by atoms with Gasteiger partial charge in [-0.3, -0.25) is 9.69 Å². The van der Waals surface area contributed by atoms with Crippen molar-refractivity contribution < 1.29 is 14.2 Å². The number of carbonyl (C=O) groups is 1.